The highest BCUT2D eigenvalue weighted by molar-refractivity contribution is 7.92. The Kier molecular flexibility index (Phi) is 6.78. The van der Waals surface area contributed by atoms with Gasteiger partial charge in [-0.3, -0.25) is 14.3 Å². The minimum absolute atomic E-state index is 0.239. The quantitative estimate of drug-likeness (QED) is 0.586. The number of sulfonamides is 1. The normalized spacial score (nSPS) is 10.7. The molecule has 2 aromatic rings. The molecule has 0 fully saturated rings. The number of carbonyl (C=O) groups excluding carboxylic acids is 2. The fourth-order valence-electron chi connectivity index (χ4n) is 2.29. The number of anilines is 1. The number of ether oxygens (including phenoxy) is 1. The minimum atomic E-state index is -3.36. The highest BCUT2D eigenvalue weighted by Crippen LogP contribution is 2.16. The van der Waals surface area contributed by atoms with Crippen LogP contribution in [-0.4, -0.2) is 46.7 Å². The van der Waals surface area contributed by atoms with Crippen molar-refractivity contribution in [1.29, 1.82) is 0 Å². The number of amides is 2. The standard InChI is InChI=1S/C18H21N3O5S/c1-26-16-6-4-3-5-15(16)18(23)20-12-11-19-17(22)13-7-9-14(10-8-13)21-27(2,24)25/h3-10,21H,11-12H2,1-2H3,(H,19,22)(H,20,23). The Morgan fingerprint density at radius 3 is 2.11 bits per heavy atom. The fraction of sp³-hybridized carbons (Fsp3) is 0.222. The van der Waals surface area contributed by atoms with Gasteiger partial charge in [0.2, 0.25) is 10.0 Å². The Morgan fingerprint density at radius 1 is 0.926 bits per heavy atom. The summed E-state index contributed by atoms with van der Waals surface area (Å²) in [6, 6.07) is 12.9. The van der Waals surface area contributed by atoms with E-state index in [1.807, 2.05) is 0 Å². The van der Waals surface area contributed by atoms with Gasteiger partial charge in [0.1, 0.15) is 5.75 Å². The molecule has 2 aromatic carbocycles. The molecular formula is C18H21N3O5S. The number of nitrogens with one attached hydrogen (secondary N) is 3. The van der Waals surface area contributed by atoms with Gasteiger partial charge in [0, 0.05) is 24.3 Å². The van der Waals surface area contributed by atoms with E-state index in [-0.39, 0.29) is 24.9 Å². The van der Waals surface area contributed by atoms with E-state index in [2.05, 4.69) is 15.4 Å². The predicted molar refractivity (Wildman–Crippen MR) is 103 cm³/mol. The molecule has 0 aliphatic heterocycles. The lowest BCUT2D eigenvalue weighted by Crippen LogP contribution is -2.34. The molecule has 27 heavy (non-hydrogen) atoms. The van der Waals surface area contributed by atoms with E-state index in [9.17, 15) is 18.0 Å². The number of hydrogen-bond donors (Lipinski definition) is 3. The van der Waals surface area contributed by atoms with Crippen LogP contribution in [0, 0.1) is 0 Å². The Morgan fingerprint density at radius 2 is 1.52 bits per heavy atom. The van der Waals surface area contributed by atoms with Crippen LogP contribution >= 0.6 is 0 Å². The van der Waals surface area contributed by atoms with E-state index in [4.69, 9.17) is 4.74 Å². The van der Waals surface area contributed by atoms with E-state index in [0.717, 1.165) is 6.26 Å². The molecule has 0 saturated heterocycles. The summed E-state index contributed by atoms with van der Waals surface area (Å²) < 4.78 is 29.8. The van der Waals surface area contributed by atoms with Crippen LogP contribution in [0.25, 0.3) is 0 Å². The van der Waals surface area contributed by atoms with Gasteiger partial charge in [-0.25, -0.2) is 8.42 Å². The summed E-state index contributed by atoms with van der Waals surface area (Å²) in [7, 11) is -1.87. The zero-order valence-electron chi connectivity index (χ0n) is 15.0. The predicted octanol–water partition coefficient (Wildman–Crippen LogP) is 1.23. The van der Waals surface area contributed by atoms with Crippen LogP contribution in [0.4, 0.5) is 5.69 Å². The van der Waals surface area contributed by atoms with Crippen molar-refractivity contribution >= 4 is 27.5 Å². The first kappa shape index (κ1) is 20.2. The molecule has 0 unspecified atom stereocenters. The summed E-state index contributed by atoms with van der Waals surface area (Å²) in [6.07, 6.45) is 1.05. The van der Waals surface area contributed by atoms with E-state index in [0.29, 0.717) is 22.6 Å². The molecular weight excluding hydrogens is 370 g/mol. The molecule has 0 radical (unpaired) electrons. The van der Waals surface area contributed by atoms with Crippen LogP contribution in [0.3, 0.4) is 0 Å². The lowest BCUT2D eigenvalue weighted by molar-refractivity contribution is 0.0926. The first-order valence-electron chi connectivity index (χ1n) is 8.07. The second-order valence-electron chi connectivity index (χ2n) is 5.66. The molecule has 0 aromatic heterocycles. The van der Waals surface area contributed by atoms with Gasteiger partial charge in [0.15, 0.2) is 0 Å². The van der Waals surface area contributed by atoms with Gasteiger partial charge in [-0.2, -0.15) is 0 Å². The summed E-state index contributed by atoms with van der Waals surface area (Å²) >= 11 is 0. The molecule has 2 rings (SSSR count). The lowest BCUT2D eigenvalue weighted by Gasteiger charge is -2.10. The van der Waals surface area contributed by atoms with Crippen molar-refractivity contribution in [2.45, 2.75) is 0 Å². The molecule has 3 N–H and O–H groups in total. The Hall–Kier alpha value is -3.07. The molecule has 0 heterocycles. The van der Waals surface area contributed by atoms with Gasteiger partial charge in [0.25, 0.3) is 11.8 Å². The highest BCUT2D eigenvalue weighted by Gasteiger charge is 2.11. The zero-order valence-corrected chi connectivity index (χ0v) is 15.8. The molecule has 0 atom stereocenters. The molecule has 0 spiro atoms. The number of carbonyl (C=O) groups is 2. The topological polar surface area (TPSA) is 114 Å². The highest BCUT2D eigenvalue weighted by atomic mass is 32.2. The van der Waals surface area contributed by atoms with Gasteiger partial charge < -0.3 is 15.4 Å². The van der Waals surface area contributed by atoms with Crippen molar-refractivity contribution in [1.82, 2.24) is 10.6 Å². The lowest BCUT2D eigenvalue weighted by atomic mass is 10.2. The van der Waals surface area contributed by atoms with Crippen molar-refractivity contribution in [3.63, 3.8) is 0 Å². The first-order chi connectivity index (χ1) is 12.8. The van der Waals surface area contributed by atoms with Crippen molar-refractivity contribution in [3.05, 3.63) is 59.7 Å². The third-order valence-corrected chi connectivity index (χ3v) is 4.10. The first-order valence-corrected chi connectivity index (χ1v) is 9.96. The van der Waals surface area contributed by atoms with Crippen LogP contribution in [-0.2, 0) is 10.0 Å². The molecule has 0 aliphatic rings. The minimum Gasteiger partial charge on any atom is -0.496 e. The van der Waals surface area contributed by atoms with Crippen molar-refractivity contribution in [2.75, 3.05) is 31.2 Å². The van der Waals surface area contributed by atoms with Gasteiger partial charge in [-0.05, 0) is 36.4 Å². The number of hydrogen-bond acceptors (Lipinski definition) is 5. The molecule has 0 saturated carbocycles. The summed E-state index contributed by atoms with van der Waals surface area (Å²) in [4.78, 5) is 24.2. The Labute approximate surface area is 158 Å². The maximum absolute atomic E-state index is 12.1. The third-order valence-electron chi connectivity index (χ3n) is 3.50. The number of methoxy groups -OCH3 is 1. The van der Waals surface area contributed by atoms with Gasteiger partial charge >= 0.3 is 0 Å². The molecule has 2 amide bonds. The van der Waals surface area contributed by atoms with E-state index in [1.54, 1.807) is 24.3 Å². The largest absolute Gasteiger partial charge is 0.496 e. The zero-order chi connectivity index (χ0) is 19.9. The summed E-state index contributed by atoms with van der Waals surface area (Å²) in [5, 5.41) is 5.38. The summed E-state index contributed by atoms with van der Waals surface area (Å²) in [6.45, 7) is 0.486. The second-order valence-corrected chi connectivity index (χ2v) is 7.41. The maximum atomic E-state index is 12.1. The maximum Gasteiger partial charge on any atom is 0.255 e. The van der Waals surface area contributed by atoms with E-state index >= 15 is 0 Å². The van der Waals surface area contributed by atoms with Crippen molar-refractivity contribution in [3.8, 4) is 5.75 Å². The SMILES string of the molecule is COc1ccccc1C(=O)NCCNC(=O)c1ccc(NS(C)(=O)=O)cc1. The van der Waals surface area contributed by atoms with Gasteiger partial charge in [-0.1, -0.05) is 12.1 Å². The molecule has 0 aliphatic carbocycles. The van der Waals surface area contributed by atoms with Crippen LogP contribution < -0.4 is 20.1 Å². The summed E-state index contributed by atoms with van der Waals surface area (Å²) in [5.41, 5.74) is 1.17. The number of benzene rings is 2. The van der Waals surface area contributed by atoms with Crippen molar-refractivity contribution in [2.24, 2.45) is 0 Å². The number of para-hydroxylation sites is 1. The molecule has 9 heteroatoms. The van der Waals surface area contributed by atoms with Crippen LogP contribution in [0.5, 0.6) is 5.75 Å². The monoisotopic (exact) mass is 391 g/mol. The molecule has 144 valence electrons. The van der Waals surface area contributed by atoms with Crippen molar-refractivity contribution < 1.29 is 22.7 Å². The van der Waals surface area contributed by atoms with E-state index < -0.39 is 10.0 Å². The average Bonchev–Trinajstić information content (AvgIpc) is 2.64. The van der Waals surface area contributed by atoms with Crippen LogP contribution in [0.15, 0.2) is 48.5 Å². The Bertz CT molecular complexity index is 911. The third kappa shape index (κ3) is 6.30. The fourth-order valence-corrected chi connectivity index (χ4v) is 2.85. The molecule has 8 nitrogen and oxygen atoms in total. The number of rotatable bonds is 8. The second kappa shape index (κ2) is 9.04. The van der Waals surface area contributed by atoms with Crippen LogP contribution in [0.2, 0.25) is 0 Å². The van der Waals surface area contributed by atoms with Gasteiger partial charge in [0.05, 0.1) is 18.9 Å². The smallest absolute Gasteiger partial charge is 0.255 e. The summed E-state index contributed by atoms with van der Waals surface area (Å²) in [5.74, 6) is -0.146. The Balaban J connectivity index is 1.81. The average molecular weight is 391 g/mol. The molecule has 0 bridgehead atoms. The van der Waals surface area contributed by atoms with E-state index in [1.165, 1.54) is 31.4 Å². The van der Waals surface area contributed by atoms with Gasteiger partial charge in [-0.15, -0.1) is 0 Å². The van der Waals surface area contributed by atoms with Crippen LogP contribution in [0.1, 0.15) is 20.7 Å².